The van der Waals surface area contributed by atoms with Crippen molar-refractivity contribution in [3.05, 3.63) is 87.0 Å². The third kappa shape index (κ3) is 8.83. The van der Waals surface area contributed by atoms with Crippen LogP contribution in [-0.4, -0.2) is 67.7 Å². The summed E-state index contributed by atoms with van der Waals surface area (Å²) in [4.78, 5) is 71.5. The molecule has 2 aromatic heterocycles. The summed E-state index contributed by atoms with van der Waals surface area (Å²) in [7, 11) is 2.69. The molecule has 4 amide bonds. The number of thiophene rings is 1. The third-order valence-corrected chi connectivity index (χ3v) is 9.25. The normalized spacial score (nSPS) is 11.9. The van der Waals surface area contributed by atoms with Gasteiger partial charge in [-0.3, -0.25) is 14.4 Å². The fourth-order valence-electron chi connectivity index (χ4n) is 5.82. The fourth-order valence-corrected chi connectivity index (χ4v) is 6.80. The van der Waals surface area contributed by atoms with Crippen molar-refractivity contribution in [1.29, 1.82) is 0 Å². The maximum Gasteiger partial charge on any atom is 0.407 e. The Morgan fingerprint density at radius 1 is 0.925 bits per heavy atom. The minimum atomic E-state index is -0.804. The van der Waals surface area contributed by atoms with Gasteiger partial charge in [-0.05, 0) is 92.6 Å². The Balaban J connectivity index is 1.63. The van der Waals surface area contributed by atoms with Crippen LogP contribution in [-0.2, 0) is 22.4 Å². The van der Waals surface area contributed by atoms with Crippen LogP contribution in [0, 0.1) is 6.92 Å². The number of anilines is 1. The first-order chi connectivity index (χ1) is 25.2. The molecule has 0 atom stereocenters. The smallest absolute Gasteiger partial charge is 0.407 e. The van der Waals surface area contributed by atoms with Gasteiger partial charge in [0.25, 0.3) is 17.7 Å². The standard InChI is InChI=1S/C39H43N5O8S/c1-8-13-41-36(47)29-10-9-24(32(43-29)37(48)50-7)25-19-30-27(33-23(11-14-51-30)12-15-53-33)18-26(25)35(46)44-31-21(2)16-22(17-28(31)34(45)40-6)20-42-38(49)52-39(3,4)5/h9-10,12,15-19H,8,11,13-14,20H2,1-7H3,(H,40,45)(H,41,47)(H,42,49)(H,44,46). The number of carbonyl (C=O) groups is 5. The van der Waals surface area contributed by atoms with Gasteiger partial charge in [0.15, 0.2) is 5.69 Å². The van der Waals surface area contributed by atoms with Gasteiger partial charge < -0.3 is 35.5 Å². The largest absolute Gasteiger partial charge is 0.493 e. The quantitative estimate of drug-likeness (QED) is 0.136. The first-order valence-corrected chi connectivity index (χ1v) is 18.0. The predicted molar refractivity (Wildman–Crippen MR) is 202 cm³/mol. The molecule has 0 unspecified atom stereocenters. The number of alkyl carbamates (subject to hydrolysis) is 1. The summed E-state index contributed by atoms with van der Waals surface area (Å²) < 4.78 is 16.6. The van der Waals surface area contributed by atoms with Gasteiger partial charge in [0.2, 0.25) is 0 Å². The van der Waals surface area contributed by atoms with E-state index in [0.717, 1.165) is 10.4 Å². The van der Waals surface area contributed by atoms with E-state index in [2.05, 4.69) is 26.3 Å². The van der Waals surface area contributed by atoms with Crippen molar-refractivity contribution >= 4 is 46.8 Å². The molecule has 1 aliphatic rings. The molecule has 3 heterocycles. The second-order valence-corrected chi connectivity index (χ2v) is 14.2. The van der Waals surface area contributed by atoms with E-state index >= 15 is 0 Å². The molecule has 53 heavy (non-hydrogen) atoms. The van der Waals surface area contributed by atoms with Crippen LogP contribution in [0.15, 0.2) is 47.8 Å². The average Bonchev–Trinajstić information content (AvgIpc) is 3.53. The van der Waals surface area contributed by atoms with Crippen LogP contribution in [0.5, 0.6) is 5.75 Å². The molecule has 0 spiro atoms. The molecule has 0 aliphatic carbocycles. The van der Waals surface area contributed by atoms with Gasteiger partial charge in [0.1, 0.15) is 17.0 Å². The van der Waals surface area contributed by atoms with Crippen LogP contribution >= 0.6 is 11.3 Å². The number of aryl methyl sites for hydroxylation is 1. The molecule has 4 N–H and O–H groups in total. The molecule has 1 aliphatic heterocycles. The zero-order valence-electron chi connectivity index (χ0n) is 30.8. The second-order valence-electron chi connectivity index (χ2n) is 13.3. The Morgan fingerprint density at radius 2 is 1.70 bits per heavy atom. The minimum Gasteiger partial charge on any atom is -0.493 e. The van der Waals surface area contributed by atoms with Crippen LogP contribution in [0.1, 0.15) is 92.5 Å². The highest BCUT2D eigenvalue weighted by atomic mass is 32.1. The van der Waals surface area contributed by atoms with E-state index in [0.29, 0.717) is 54.0 Å². The number of aromatic nitrogens is 1. The number of nitrogens with zero attached hydrogens (tertiary/aromatic N) is 1. The molecular weight excluding hydrogens is 699 g/mol. The molecule has 0 radical (unpaired) electrons. The average molecular weight is 742 g/mol. The molecule has 4 aromatic rings. The number of rotatable bonds is 10. The van der Waals surface area contributed by atoms with Gasteiger partial charge >= 0.3 is 12.1 Å². The van der Waals surface area contributed by atoms with Crippen molar-refractivity contribution in [2.75, 3.05) is 32.6 Å². The minimum absolute atomic E-state index is 0.00920. The van der Waals surface area contributed by atoms with Gasteiger partial charge in [-0.15, -0.1) is 11.3 Å². The lowest BCUT2D eigenvalue weighted by molar-refractivity contribution is 0.0521. The Morgan fingerprint density at radius 3 is 2.40 bits per heavy atom. The van der Waals surface area contributed by atoms with Crippen LogP contribution < -0.4 is 26.0 Å². The summed E-state index contributed by atoms with van der Waals surface area (Å²) >= 11 is 1.52. The molecule has 14 heteroatoms. The summed E-state index contributed by atoms with van der Waals surface area (Å²) in [6, 6.07) is 11.8. The van der Waals surface area contributed by atoms with Gasteiger partial charge in [-0.2, -0.15) is 0 Å². The van der Waals surface area contributed by atoms with E-state index < -0.39 is 35.4 Å². The molecule has 278 valence electrons. The summed E-state index contributed by atoms with van der Waals surface area (Å²) in [6.07, 6.45) is 0.753. The number of methoxy groups -OCH3 is 1. The Bertz CT molecular complexity index is 2080. The van der Waals surface area contributed by atoms with E-state index in [1.807, 2.05) is 18.4 Å². The van der Waals surface area contributed by atoms with Gasteiger partial charge in [0.05, 0.1) is 25.0 Å². The monoisotopic (exact) mass is 741 g/mol. The predicted octanol–water partition coefficient (Wildman–Crippen LogP) is 6.28. The number of benzene rings is 2. The number of amides is 4. The molecule has 0 fully saturated rings. The third-order valence-electron chi connectivity index (χ3n) is 8.26. The molecule has 5 rings (SSSR count). The van der Waals surface area contributed by atoms with E-state index in [-0.39, 0.29) is 40.3 Å². The summed E-state index contributed by atoms with van der Waals surface area (Å²) in [5.41, 5.74) is 3.19. The zero-order valence-corrected chi connectivity index (χ0v) is 31.6. The molecule has 0 saturated heterocycles. The number of nitrogens with one attached hydrogen (secondary N) is 4. The van der Waals surface area contributed by atoms with Crippen LogP contribution in [0.2, 0.25) is 0 Å². The van der Waals surface area contributed by atoms with Crippen molar-refractivity contribution in [2.45, 2.75) is 59.6 Å². The van der Waals surface area contributed by atoms with E-state index in [1.165, 1.54) is 31.6 Å². The lowest BCUT2D eigenvalue weighted by Crippen LogP contribution is -2.32. The number of hydrogen-bond acceptors (Lipinski definition) is 10. The zero-order chi connectivity index (χ0) is 38.4. The van der Waals surface area contributed by atoms with Crippen molar-refractivity contribution in [2.24, 2.45) is 0 Å². The van der Waals surface area contributed by atoms with E-state index in [1.54, 1.807) is 58.0 Å². The van der Waals surface area contributed by atoms with Crippen molar-refractivity contribution in [3.8, 4) is 27.3 Å². The number of fused-ring (bicyclic) bond motifs is 3. The lowest BCUT2D eigenvalue weighted by Gasteiger charge is -2.21. The molecule has 2 aromatic carbocycles. The number of esters is 1. The highest BCUT2D eigenvalue weighted by Crippen LogP contribution is 2.43. The van der Waals surface area contributed by atoms with Crippen molar-refractivity contribution in [1.82, 2.24) is 20.9 Å². The van der Waals surface area contributed by atoms with Crippen molar-refractivity contribution < 1.29 is 38.2 Å². The second kappa shape index (κ2) is 16.3. The van der Waals surface area contributed by atoms with Gasteiger partial charge in [0, 0.05) is 53.7 Å². The first-order valence-electron chi connectivity index (χ1n) is 17.1. The Kier molecular flexibility index (Phi) is 11.8. The van der Waals surface area contributed by atoms with Crippen LogP contribution in [0.4, 0.5) is 10.5 Å². The summed E-state index contributed by atoms with van der Waals surface area (Å²) in [5.74, 6) is -1.81. The van der Waals surface area contributed by atoms with E-state index in [4.69, 9.17) is 14.2 Å². The highest BCUT2D eigenvalue weighted by Gasteiger charge is 2.28. The maximum absolute atomic E-state index is 14.6. The number of hydrogen-bond donors (Lipinski definition) is 4. The molecular formula is C39H43N5O8S. The lowest BCUT2D eigenvalue weighted by atomic mass is 9.93. The van der Waals surface area contributed by atoms with Crippen LogP contribution in [0.3, 0.4) is 0 Å². The molecule has 0 bridgehead atoms. The molecule has 13 nitrogen and oxygen atoms in total. The maximum atomic E-state index is 14.6. The summed E-state index contributed by atoms with van der Waals surface area (Å²) in [6.45, 7) is 9.82. The topological polar surface area (TPSA) is 174 Å². The van der Waals surface area contributed by atoms with Crippen LogP contribution in [0.25, 0.3) is 21.6 Å². The molecule has 0 saturated carbocycles. The number of carbonyl (C=O) groups excluding carboxylic acids is 5. The van der Waals surface area contributed by atoms with Gasteiger partial charge in [-0.25, -0.2) is 14.6 Å². The van der Waals surface area contributed by atoms with E-state index in [9.17, 15) is 24.0 Å². The van der Waals surface area contributed by atoms with Gasteiger partial charge in [-0.1, -0.05) is 13.0 Å². The first kappa shape index (κ1) is 38.5. The SMILES string of the molecule is CCCNC(=O)c1ccc(-c2cc3c(cc2C(=O)Nc2c(C)cc(CNC(=O)OC(C)(C)C)cc2C(=O)NC)-c2sccc2CCO3)c(C(=O)OC)n1. The Hall–Kier alpha value is -5.76. The highest BCUT2D eigenvalue weighted by molar-refractivity contribution is 7.13. The number of pyridine rings is 1. The fraction of sp³-hybridized carbons (Fsp3) is 0.333. The van der Waals surface area contributed by atoms with Crippen molar-refractivity contribution in [3.63, 3.8) is 0 Å². The summed E-state index contributed by atoms with van der Waals surface area (Å²) in [5, 5.41) is 13.0. The number of ether oxygens (including phenoxy) is 3. The Labute approximate surface area is 311 Å².